The molecule has 3 amide bonds. The summed E-state index contributed by atoms with van der Waals surface area (Å²) in [5, 5.41) is 12.2. The molecule has 2 fully saturated rings. The molecule has 0 aliphatic carbocycles. The van der Waals surface area contributed by atoms with E-state index < -0.39 is 10.8 Å². The lowest BCUT2D eigenvalue weighted by Crippen LogP contribution is -2.56. The zero-order valence-electron chi connectivity index (χ0n) is 18.7. The number of carbonyl (C=O) groups is 3. The molecule has 172 valence electrons. The van der Waals surface area contributed by atoms with Crippen LogP contribution in [0.15, 0.2) is 48.5 Å². The Bertz CT molecular complexity index is 1120. The highest BCUT2D eigenvalue weighted by molar-refractivity contribution is 8.01. The monoisotopic (exact) mass is 465 g/mol. The Morgan fingerprint density at radius 3 is 2.61 bits per heavy atom. The number of phenols is 1. The first kappa shape index (κ1) is 21.8. The van der Waals surface area contributed by atoms with Crippen molar-refractivity contribution in [3.05, 3.63) is 59.7 Å². The first-order valence-electron chi connectivity index (χ1n) is 11.2. The van der Waals surface area contributed by atoms with Gasteiger partial charge in [-0.15, -0.1) is 11.8 Å². The molecule has 8 heteroatoms. The molecule has 3 atom stereocenters. The average Bonchev–Trinajstić information content (AvgIpc) is 3.24. The maximum atomic E-state index is 13.8. The summed E-state index contributed by atoms with van der Waals surface area (Å²) in [4.78, 5) is 43.4. The quantitative estimate of drug-likeness (QED) is 0.676. The predicted octanol–water partition coefficient (Wildman–Crippen LogP) is 3.62. The Labute approximate surface area is 197 Å². The maximum absolute atomic E-state index is 13.8. The van der Waals surface area contributed by atoms with E-state index >= 15 is 0 Å². The Hall–Kier alpha value is -3.00. The van der Waals surface area contributed by atoms with Gasteiger partial charge in [-0.25, -0.2) is 0 Å². The number of nitrogens with zero attached hydrogens (tertiary/aromatic N) is 2. The van der Waals surface area contributed by atoms with Gasteiger partial charge in [-0.1, -0.05) is 18.2 Å². The second-order valence-corrected chi connectivity index (χ2v) is 11.2. The first-order chi connectivity index (χ1) is 15.8. The van der Waals surface area contributed by atoms with Crippen LogP contribution in [0.2, 0.25) is 0 Å². The minimum atomic E-state index is -0.577. The van der Waals surface area contributed by atoms with E-state index in [4.69, 9.17) is 0 Å². The van der Waals surface area contributed by atoms with Crippen LogP contribution in [-0.4, -0.2) is 56.5 Å². The van der Waals surface area contributed by atoms with Crippen LogP contribution < -0.4 is 5.32 Å². The number of nitrogens with one attached hydrogen (secondary N) is 1. The number of rotatable bonds is 3. The number of hydrogen-bond acceptors (Lipinski definition) is 5. The van der Waals surface area contributed by atoms with E-state index in [1.54, 1.807) is 33.7 Å². The van der Waals surface area contributed by atoms with Gasteiger partial charge in [-0.3, -0.25) is 14.4 Å². The van der Waals surface area contributed by atoms with E-state index in [1.165, 1.54) is 12.1 Å². The lowest BCUT2D eigenvalue weighted by Gasteiger charge is -2.38. The lowest BCUT2D eigenvalue weighted by molar-refractivity contribution is -0.139. The third kappa shape index (κ3) is 3.76. The highest BCUT2D eigenvalue weighted by Crippen LogP contribution is 2.56. The van der Waals surface area contributed by atoms with Gasteiger partial charge in [0.1, 0.15) is 17.2 Å². The summed E-state index contributed by atoms with van der Waals surface area (Å²) in [6.45, 7) is 4.96. The highest BCUT2D eigenvalue weighted by atomic mass is 32.2. The number of benzene rings is 2. The van der Waals surface area contributed by atoms with Crippen LogP contribution in [0, 0.1) is 5.92 Å². The van der Waals surface area contributed by atoms with Crippen molar-refractivity contribution in [1.82, 2.24) is 9.80 Å². The second-order valence-electron chi connectivity index (χ2n) is 9.44. The van der Waals surface area contributed by atoms with Gasteiger partial charge in [-0.2, -0.15) is 0 Å². The molecule has 0 saturated carbocycles. The molecule has 0 bridgehead atoms. The van der Waals surface area contributed by atoms with E-state index in [2.05, 4.69) is 5.32 Å². The minimum absolute atomic E-state index is 0.0849. The molecule has 0 spiro atoms. The van der Waals surface area contributed by atoms with Crippen molar-refractivity contribution in [2.45, 2.75) is 42.9 Å². The molecule has 7 nitrogen and oxygen atoms in total. The van der Waals surface area contributed by atoms with Crippen LogP contribution in [0.3, 0.4) is 0 Å². The maximum Gasteiger partial charge on any atom is 0.256 e. The van der Waals surface area contributed by atoms with Gasteiger partial charge in [0.05, 0.1) is 5.92 Å². The number of thioether (sulfide) groups is 1. The molecule has 2 N–H and O–H groups in total. The van der Waals surface area contributed by atoms with E-state index in [-0.39, 0.29) is 34.8 Å². The van der Waals surface area contributed by atoms with Gasteiger partial charge in [0.25, 0.3) is 5.91 Å². The Morgan fingerprint density at radius 1 is 1.12 bits per heavy atom. The zero-order valence-corrected chi connectivity index (χ0v) is 19.5. The predicted molar refractivity (Wildman–Crippen MR) is 127 cm³/mol. The molecule has 3 aliphatic rings. The number of phenolic OH excluding ortho intramolecular Hbond substituents is 1. The SMILES string of the molecule is CC1(C)S[C@H]2c3ccccc3C(=O)N2[C@@H]1C(=O)N1CCC[C@H](C(=O)Nc2ccc(O)cc2)C1. The largest absolute Gasteiger partial charge is 0.508 e. The molecular formula is C25H27N3O4S. The smallest absolute Gasteiger partial charge is 0.256 e. The summed E-state index contributed by atoms with van der Waals surface area (Å²) in [7, 11) is 0. The van der Waals surface area contributed by atoms with Crippen LogP contribution in [-0.2, 0) is 9.59 Å². The Morgan fingerprint density at radius 2 is 1.85 bits per heavy atom. The molecule has 2 aromatic rings. The number of anilines is 1. The topological polar surface area (TPSA) is 90.0 Å². The summed E-state index contributed by atoms with van der Waals surface area (Å²) in [5.74, 6) is -0.503. The standard InChI is InChI=1S/C25H27N3O4S/c1-25(2)20(28-22(31)18-7-3-4-8-19(18)24(28)33-25)23(32)27-13-5-6-15(14-27)21(30)26-16-9-11-17(29)12-10-16/h3-4,7-12,15,20,24,29H,5-6,13-14H2,1-2H3,(H,26,30)/t15-,20+,24-/m0/s1. The van der Waals surface area contributed by atoms with Crippen molar-refractivity contribution < 1.29 is 19.5 Å². The fourth-order valence-corrected chi connectivity index (χ4v) is 6.71. The first-order valence-corrected chi connectivity index (χ1v) is 12.1. The average molecular weight is 466 g/mol. The van der Waals surface area contributed by atoms with Gasteiger partial charge in [-0.05, 0) is 62.6 Å². The van der Waals surface area contributed by atoms with E-state index in [1.807, 2.05) is 38.1 Å². The molecule has 2 aromatic carbocycles. The third-order valence-electron chi connectivity index (χ3n) is 6.77. The van der Waals surface area contributed by atoms with E-state index in [9.17, 15) is 19.5 Å². The number of aromatic hydroxyl groups is 1. The molecule has 0 aromatic heterocycles. The molecule has 0 radical (unpaired) electrons. The number of fused-ring (bicyclic) bond motifs is 3. The third-order valence-corrected chi connectivity index (χ3v) is 8.30. The van der Waals surface area contributed by atoms with Crippen molar-refractivity contribution in [3.63, 3.8) is 0 Å². The van der Waals surface area contributed by atoms with Gasteiger partial charge in [0, 0.05) is 29.1 Å². The number of carbonyl (C=O) groups excluding carboxylic acids is 3. The zero-order chi connectivity index (χ0) is 23.3. The summed E-state index contributed by atoms with van der Waals surface area (Å²) in [6, 6.07) is 13.3. The van der Waals surface area contributed by atoms with Gasteiger partial charge in [0.2, 0.25) is 11.8 Å². The highest BCUT2D eigenvalue weighted by Gasteiger charge is 2.58. The van der Waals surface area contributed by atoms with Crippen molar-refractivity contribution >= 4 is 35.2 Å². The van der Waals surface area contributed by atoms with Crippen molar-refractivity contribution in [3.8, 4) is 5.75 Å². The summed E-state index contributed by atoms with van der Waals surface area (Å²) in [6.07, 6.45) is 1.44. The fourth-order valence-electron chi connectivity index (χ4n) is 5.13. The molecule has 33 heavy (non-hydrogen) atoms. The molecule has 2 saturated heterocycles. The Balaban J connectivity index is 1.33. The molecule has 5 rings (SSSR count). The van der Waals surface area contributed by atoms with Gasteiger partial charge in [0.15, 0.2) is 0 Å². The normalized spacial score (nSPS) is 25.5. The van der Waals surface area contributed by atoms with Crippen LogP contribution >= 0.6 is 11.8 Å². The molecular weight excluding hydrogens is 438 g/mol. The second kappa shape index (κ2) is 8.09. The number of piperidine rings is 1. The minimum Gasteiger partial charge on any atom is -0.508 e. The number of likely N-dealkylation sites (tertiary alicyclic amines) is 1. The van der Waals surface area contributed by atoms with Gasteiger partial charge < -0.3 is 20.2 Å². The molecule has 3 aliphatic heterocycles. The molecule has 0 unspecified atom stereocenters. The van der Waals surface area contributed by atoms with E-state index in [0.29, 0.717) is 30.8 Å². The van der Waals surface area contributed by atoms with Crippen LogP contribution in [0.25, 0.3) is 0 Å². The lowest BCUT2D eigenvalue weighted by atomic mass is 9.94. The molecule has 3 heterocycles. The van der Waals surface area contributed by atoms with Crippen LogP contribution in [0.5, 0.6) is 5.75 Å². The summed E-state index contributed by atoms with van der Waals surface area (Å²) < 4.78 is -0.438. The van der Waals surface area contributed by atoms with Crippen LogP contribution in [0.4, 0.5) is 5.69 Å². The number of hydrogen-bond donors (Lipinski definition) is 2. The van der Waals surface area contributed by atoms with Crippen molar-refractivity contribution in [1.29, 1.82) is 0 Å². The van der Waals surface area contributed by atoms with Crippen LogP contribution in [0.1, 0.15) is 48.0 Å². The summed E-state index contributed by atoms with van der Waals surface area (Å²) >= 11 is 1.65. The van der Waals surface area contributed by atoms with Gasteiger partial charge >= 0.3 is 0 Å². The summed E-state index contributed by atoms with van der Waals surface area (Å²) in [5.41, 5.74) is 2.26. The number of amides is 3. The van der Waals surface area contributed by atoms with Crippen molar-refractivity contribution in [2.24, 2.45) is 5.92 Å². The fraction of sp³-hybridized carbons (Fsp3) is 0.400. The Kier molecular flexibility index (Phi) is 5.35. The van der Waals surface area contributed by atoms with Crippen molar-refractivity contribution in [2.75, 3.05) is 18.4 Å². The van der Waals surface area contributed by atoms with E-state index in [0.717, 1.165) is 12.0 Å².